The second kappa shape index (κ2) is 6.90. The number of alkyl halides is 3. The molecule has 9 heteroatoms. The van der Waals surface area contributed by atoms with E-state index in [0.29, 0.717) is 17.1 Å². The fourth-order valence-electron chi connectivity index (χ4n) is 2.69. The summed E-state index contributed by atoms with van der Waals surface area (Å²) in [5.41, 5.74) is 1.18. The Balaban J connectivity index is 2.21. The minimum Gasteiger partial charge on any atom is -0.495 e. The molecule has 0 saturated carbocycles. The molecule has 0 fully saturated rings. The Hall–Kier alpha value is -3.10. The van der Waals surface area contributed by atoms with Gasteiger partial charge in [0.15, 0.2) is 0 Å². The summed E-state index contributed by atoms with van der Waals surface area (Å²) in [4.78, 5) is 8.63. The molecule has 2 aromatic carbocycles. The summed E-state index contributed by atoms with van der Waals surface area (Å²) in [5, 5.41) is 3.12. The monoisotopic (exact) mass is 380 g/mol. The van der Waals surface area contributed by atoms with E-state index in [9.17, 15) is 17.6 Å². The van der Waals surface area contributed by atoms with E-state index in [1.54, 1.807) is 32.3 Å². The van der Waals surface area contributed by atoms with Crippen molar-refractivity contribution in [3.63, 3.8) is 0 Å². The molecule has 0 aliphatic carbocycles. The fourth-order valence-corrected chi connectivity index (χ4v) is 2.69. The molecule has 0 aliphatic heterocycles. The summed E-state index contributed by atoms with van der Waals surface area (Å²) in [6.45, 7) is 0. The van der Waals surface area contributed by atoms with Gasteiger partial charge in [0.25, 0.3) is 0 Å². The number of fused-ring (bicyclic) bond motifs is 1. The summed E-state index contributed by atoms with van der Waals surface area (Å²) < 4.78 is 58.6. The lowest BCUT2D eigenvalue weighted by molar-refractivity contribution is -0.144. The van der Waals surface area contributed by atoms with Gasteiger partial charge >= 0.3 is 6.18 Å². The fraction of sp³-hybridized carbons (Fsp3) is 0.222. The van der Waals surface area contributed by atoms with Crippen LogP contribution in [0.25, 0.3) is 10.9 Å². The van der Waals surface area contributed by atoms with Gasteiger partial charge < -0.3 is 15.0 Å². The van der Waals surface area contributed by atoms with Gasteiger partial charge in [0.05, 0.1) is 18.3 Å². The lowest BCUT2D eigenvalue weighted by atomic mass is 10.2. The zero-order valence-corrected chi connectivity index (χ0v) is 14.7. The molecule has 142 valence electrons. The van der Waals surface area contributed by atoms with Gasteiger partial charge in [-0.15, -0.1) is 0 Å². The zero-order valence-electron chi connectivity index (χ0n) is 14.7. The van der Waals surface area contributed by atoms with Crippen LogP contribution in [-0.2, 0) is 6.18 Å². The van der Waals surface area contributed by atoms with Crippen LogP contribution >= 0.6 is 0 Å². The van der Waals surface area contributed by atoms with Crippen molar-refractivity contribution >= 4 is 28.1 Å². The molecular weight excluding hydrogens is 364 g/mol. The maximum atomic E-state index is 13.7. The van der Waals surface area contributed by atoms with Crippen molar-refractivity contribution in [3.8, 4) is 5.75 Å². The van der Waals surface area contributed by atoms with Crippen molar-refractivity contribution in [2.45, 2.75) is 6.18 Å². The molecule has 3 aromatic rings. The Morgan fingerprint density at radius 1 is 1.07 bits per heavy atom. The van der Waals surface area contributed by atoms with Crippen molar-refractivity contribution in [2.24, 2.45) is 0 Å². The molecule has 0 radical (unpaired) electrons. The number of ether oxygens (including phenoxy) is 1. The van der Waals surface area contributed by atoms with E-state index in [0.717, 1.165) is 12.1 Å². The van der Waals surface area contributed by atoms with Crippen molar-refractivity contribution in [3.05, 3.63) is 48.0 Å². The minimum absolute atomic E-state index is 0.00271. The first-order chi connectivity index (χ1) is 12.7. The van der Waals surface area contributed by atoms with Crippen molar-refractivity contribution in [2.75, 3.05) is 31.4 Å². The van der Waals surface area contributed by atoms with E-state index in [1.165, 1.54) is 18.1 Å². The molecule has 0 unspecified atom stereocenters. The number of halogens is 4. The Morgan fingerprint density at radius 3 is 2.44 bits per heavy atom. The van der Waals surface area contributed by atoms with Crippen LogP contribution in [0.5, 0.6) is 5.75 Å². The average molecular weight is 380 g/mol. The van der Waals surface area contributed by atoms with Gasteiger partial charge in [-0.1, -0.05) is 0 Å². The number of anilines is 3. The molecule has 5 nitrogen and oxygen atoms in total. The maximum absolute atomic E-state index is 13.7. The van der Waals surface area contributed by atoms with E-state index in [1.807, 2.05) is 0 Å². The quantitative estimate of drug-likeness (QED) is 0.670. The number of nitrogens with zero attached hydrogens (tertiary/aromatic N) is 3. The summed E-state index contributed by atoms with van der Waals surface area (Å²) in [6.07, 6.45) is -4.73. The second-order valence-corrected chi connectivity index (χ2v) is 5.72. The van der Waals surface area contributed by atoms with E-state index in [4.69, 9.17) is 4.74 Å². The van der Waals surface area contributed by atoms with Crippen LogP contribution in [0.15, 0.2) is 36.4 Å². The van der Waals surface area contributed by atoms with Gasteiger partial charge in [0, 0.05) is 25.2 Å². The Kier molecular flexibility index (Phi) is 4.77. The van der Waals surface area contributed by atoms with Crippen LogP contribution in [-0.4, -0.2) is 31.2 Å². The topological polar surface area (TPSA) is 50.3 Å². The number of aromatic nitrogens is 2. The molecule has 0 atom stereocenters. The lowest BCUT2D eigenvalue weighted by Gasteiger charge is -2.22. The number of hydrogen-bond acceptors (Lipinski definition) is 5. The molecule has 0 aliphatic rings. The highest BCUT2D eigenvalue weighted by Gasteiger charge is 2.36. The van der Waals surface area contributed by atoms with Crippen molar-refractivity contribution in [1.29, 1.82) is 0 Å². The third kappa shape index (κ3) is 3.57. The summed E-state index contributed by atoms with van der Waals surface area (Å²) in [7, 11) is 4.75. The van der Waals surface area contributed by atoms with Gasteiger partial charge in [0.2, 0.25) is 5.82 Å². The summed E-state index contributed by atoms with van der Waals surface area (Å²) in [6, 6.07) is 8.41. The van der Waals surface area contributed by atoms with Crippen LogP contribution < -0.4 is 15.0 Å². The first-order valence-electron chi connectivity index (χ1n) is 7.88. The molecule has 0 bridgehead atoms. The van der Waals surface area contributed by atoms with Crippen LogP contribution in [0.4, 0.5) is 34.8 Å². The highest BCUT2D eigenvalue weighted by Crippen LogP contribution is 2.36. The highest BCUT2D eigenvalue weighted by molar-refractivity contribution is 5.92. The molecule has 0 saturated heterocycles. The van der Waals surface area contributed by atoms with Crippen LogP contribution in [0.2, 0.25) is 0 Å². The summed E-state index contributed by atoms with van der Waals surface area (Å²) in [5.74, 6) is -1.36. The Bertz CT molecular complexity index is 991. The Morgan fingerprint density at radius 2 is 1.81 bits per heavy atom. The Labute approximate surface area is 152 Å². The molecule has 27 heavy (non-hydrogen) atoms. The number of hydrogen-bond donors (Lipinski definition) is 1. The molecule has 0 spiro atoms. The molecule has 0 amide bonds. The second-order valence-electron chi connectivity index (χ2n) is 5.72. The molecule has 1 heterocycles. The van der Waals surface area contributed by atoms with Crippen LogP contribution in [0.1, 0.15) is 5.82 Å². The van der Waals surface area contributed by atoms with E-state index in [-0.39, 0.29) is 16.7 Å². The smallest absolute Gasteiger partial charge is 0.451 e. The minimum atomic E-state index is -4.73. The third-order valence-electron chi connectivity index (χ3n) is 4.05. The number of rotatable bonds is 4. The van der Waals surface area contributed by atoms with Gasteiger partial charge in [-0.2, -0.15) is 13.2 Å². The SMILES string of the molecule is CNc1cc(N(C)c2nc(C(F)(F)F)nc3ccc(F)cc23)ccc1OC. The van der Waals surface area contributed by atoms with Gasteiger partial charge in [-0.05, 0) is 36.4 Å². The van der Waals surface area contributed by atoms with Crippen molar-refractivity contribution < 1.29 is 22.3 Å². The number of nitrogens with one attached hydrogen (secondary N) is 1. The molecule has 1 N–H and O–H groups in total. The van der Waals surface area contributed by atoms with E-state index < -0.39 is 17.8 Å². The molecule has 3 rings (SSSR count). The van der Waals surface area contributed by atoms with Crippen molar-refractivity contribution in [1.82, 2.24) is 9.97 Å². The largest absolute Gasteiger partial charge is 0.495 e. The predicted molar refractivity (Wildman–Crippen MR) is 95.1 cm³/mol. The number of benzene rings is 2. The molecule has 1 aromatic heterocycles. The van der Waals surface area contributed by atoms with Gasteiger partial charge in [-0.25, -0.2) is 14.4 Å². The number of methoxy groups -OCH3 is 1. The van der Waals surface area contributed by atoms with Crippen LogP contribution in [0, 0.1) is 5.82 Å². The first-order valence-corrected chi connectivity index (χ1v) is 7.88. The predicted octanol–water partition coefficient (Wildman–Crippen LogP) is 4.61. The van der Waals surface area contributed by atoms with E-state index >= 15 is 0 Å². The van der Waals surface area contributed by atoms with Crippen LogP contribution in [0.3, 0.4) is 0 Å². The summed E-state index contributed by atoms with van der Waals surface area (Å²) >= 11 is 0. The normalized spacial score (nSPS) is 11.5. The third-order valence-corrected chi connectivity index (χ3v) is 4.05. The molecular formula is C18H16F4N4O. The highest BCUT2D eigenvalue weighted by atomic mass is 19.4. The lowest BCUT2D eigenvalue weighted by Crippen LogP contribution is -2.18. The zero-order chi connectivity index (χ0) is 19.8. The van der Waals surface area contributed by atoms with E-state index in [2.05, 4.69) is 15.3 Å². The van der Waals surface area contributed by atoms with Gasteiger partial charge in [0.1, 0.15) is 17.4 Å². The standard InChI is InChI=1S/C18H16F4N4O/c1-23-14-9-11(5-7-15(14)27-3)26(2)16-12-8-10(19)4-6-13(12)24-17(25-16)18(20,21)22/h4-9,23H,1-3H3. The maximum Gasteiger partial charge on any atom is 0.451 e. The van der Waals surface area contributed by atoms with Gasteiger partial charge in [-0.3, -0.25) is 0 Å². The first kappa shape index (κ1) is 18.7. The average Bonchev–Trinajstić information content (AvgIpc) is 2.65.